The second kappa shape index (κ2) is 8.41. The van der Waals surface area contributed by atoms with E-state index in [1.807, 2.05) is 38.4 Å². The lowest BCUT2D eigenvalue weighted by molar-refractivity contribution is 0.107. The van der Waals surface area contributed by atoms with E-state index in [0.29, 0.717) is 13.2 Å². The van der Waals surface area contributed by atoms with Gasteiger partial charge in [-0.05, 0) is 29.3 Å². The Kier molecular flexibility index (Phi) is 6.89. The molecule has 0 heterocycles. The molecule has 0 unspecified atom stereocenters. The molecule has 0 aliphatic heterocycles. The number of hydrogen-bond acceptors (Lipinski definition) is 3. The molecular weight excluding hydrogens is 298 g/mol. The monoisotopic (exact) mass is 319 g/mol. The van der Waals surface area contributed by atoms with Crippen LogP contribution in [0.2, 0.25) is 0 Å². The van der Waals surface area contributed by atoms with Crippen molar-refractivity contribution in [2.45, 2.75) is 13.2 Å². The molecule has 0 saturated heterocycles. The molecule has 0 saturated carbocycles. The van der Waals surface area contributed by atoms with Crippen LogP contribution in [0.4, 0.5) is 5.69 Å². The summed E-state index contributed by atoms with van der Waals surface area (Å²) in [5.74, 6) is 0.0797. The number of nitrogen functional groups attached to an aromatic ring is 1. The first-order chi connectivity index (χ1) is 10.1. The lowest BCUT2D eigenvalue weighted by Crippen LogP contribution is -2.11. The van der Waals surface area contributed by atoms with Gasteiger partial charge in [0.2, 0.25) is 0 Å². The summed E-state index contributed by atoms with van der Waals surface area (Å²) in [5, 5.41) is 7.43. The highest BCUT2D eigenvalue weighted by Gasteiger charge is 2.00. The normalized spacial score (nSPS) is 9.91. The molecule has 118 valence electrons. The van der Waals surface area contributed by atoms with Gasteiger partial charge in [-0.25, -0.2) is 0 Å². The number of amidine groups is 1. The molecule has 2 rings (SSSR count). The quantitative estimate of drug-likeness (QED) is 0.635. The van der Waals surface area contributed by atoms with Crippen LogP contribution >= 0.6 is 12.4 Å². The molecule has 0 spiro atoms. The summed E-state index contributed by atoms with van der Waals surface area (Å²) in [6, 6.07) is 15.9. The van der Waals surface area contributed by atoms with E-state index in [1.54, 1.807) is 0 Å². The van der Waals surface area contributed by atoms with Crippen molar-refractivity contribution in [3.05, 3.63) is 65.2 Å². The average Bonchev–Trinajstić information content (AvgIpc) is 2.48. The van der Waals surface area contributed by atoms with E-state index in [2.05, 4.69) is 29.2 Å². The first-order valence-electron chi connectivity index (χ1n) is 6.83. The van der Waals surface area contributed by atoms with E-state index in [0.717, 1.165) is 16.7 Å². The minimum Gasteiger partial charge on any atom is -0.384 e. The highest BCUT2D eigenvalue weighted by Crippen LogP contribution is 2.14. The molecule has 0 atom stereocenters. The summed E-state index contributed by atoms with van der Waals surface area (Å²) in [5.41, 5.74) is 9.54. The van der Waals surface area contributed by atoms with Gasteiger partial charge >= 0.3 is 0 Å². The third kappa shape index (κ3) is 5.06. The van der Waals surface area contributed by atoms with Gasteiger partial charge in [0, 0.05) is 25.3 Å². The van der Waals surface area contributed by atoms with Gasteiger partial charge < -0.3 is 15.4 Å². The highest BCUT2D eigenvalue weighted by atomic mass is 35.5. The van der Waals surface area contributed by atoms with E-state index in [4.69, 9.17) is 15.9 Å². The van der Waals surface area contributed by atoms with Gasteiger partial charge in [0.05, 0.1) is 13.2 Å². The molecule has 0 fully saturated rings. The summed E-state index contributed by atoms with van der Waals surface area (Å²) in [7, 11) is 4.04. The standard InChI is InChI=1S/C17H21N3O.ClH/c1-20(2)16-8-6-13(7-9-16)11-21-12-14-4-3-5-15(10-14)17(18)19;/h3-10H,11-12H2,1-2H3,(H3,18,19);1H. The fraction of sp³-hybridized carbons (Fsp3) is 0.235. The third-order valence-electron chi connectivity index (χ3n) is 3.23. The van der Waals surface area contributed by atoms with Crippen molar-refractivity contribution in [3.8, 4) is 0 Å². The number of halogens is 1. The zero-order valence-corrected chi connectivity index (χ0v) is 13.7. The molecule has 5 heteroatoms. The SMILES string of the molecule is CN(C)c1ccc(COCc2cccc(C(=N)N)c2)cc1.Cl. The summed E-state index contributed by atoms with van der Waals surface area (Å²) >= 11 is 0. The Labute approximate surface area is 137 Å². The van der Waals surface area contributed by atoms with Crippen LogP contribution in [0.5, 0.6) is 0 Å². The summed E-state index contributed by atoms with van der Waals surface area (Å²) in [6.45, 7) is 1.08. The second-order valence-electron chi connectivity index (χ2n) is 5.17. The van der Waals surface area contributed by atoms with Crippen molar-refractivity contribution in [2.24, 2.45) is 5.73 Å². The van der Waals surface area contributed by atoms with E-state index >= 15 is 0 Å². The molecule has 2 aromatic rings. The van der Waals surface area contributed by atoms with Gasteiger partial charge in [0.1, 0.15) is 5.84 Å². The first kappa shape index (κ1) is 18.0. The summed E-state index contributed by atoms with van der Waals surface area (Å²) in [4.78, 5) is 2.07. The molecule has 3 N–H and O–H groups in total. The van der Waals surface area contributed by atoms with Crippen LogP contribution in [0.3, 0.4) is 0 Å². The molecule has 4 nitrogen and oxygen atoms in total. The minimum absolute atomic E-state index is 0. The molecule has 0 amide bonds. The lowest BCUT2D eigenvalue weighted by atomic mass is 10.1. The highest BCUT2D eigenvalue weighted by molar-refractivity contribution is 5.95. The maximum absolute atomic E-state index is 7.43. The molecule has 0 radical (unpaired) electrons. The van der Waals surface area contributed by atoms with Gasteiger partial charge in [0.25, 0.3) is 0 Å². The van der Waals surface area contributed by atoms with Gasteiger partial charge in [0.15, 0.2) is 0 Å². The number of nitrogens with two attached hydrogens (primary N) is 1. The van der Waals surface area contributed by atoms with Crippen LogP contribution in [0.25, 0.3) is 0 Å². The van der Waals surface area contributed by atoms with Crippen LogP contribution in [0.1, 0.15) is 16.7 Å². The molecule has 22 heavy (non-hydrogen) atoms. The Bertz CT molecular complexity index is 612. The molecular formula is C17H22ClN3O. The van der Waals surface area contributed by atoms with Gasteiger partial charge in [-0.15, -0.1) is 12.4 Å². The first-order valence-corrected chi connectivity index (χ1v) is 6.83. The fourth-order valence-corrected chi connectivity index (χ4v) is 2.01. The number of benzene rings is 2. The average molecular weight is 320 g/mol. The minimum atomic E-state index is 0. The zero-order chi connectivity index (χ0) is 15.2. The number of nitrogens with zero attached hydrogens (tertiary/aromatic N) is 1. The van der Waals surface area contributed by atoms with Crippen LogP contribution in [0, 0.1) is 5.41 Å². The third-order valence-corrected chi connectivity index (χ3v) is 3.23. The maximum atomic E-state index is 7.43. The lowest BCUT2D eigenvalue weighted by Gasteiger charge is -2.12. The predicted octanol–water partition coefficient (Wildman–Crippen LogP) is 3.18. The topological polar surface area (TPSA) is 62.3 Å². The van der Waals surface area contributed by atoms with Gasteiger partial charge in [-0.2, -0.15) is 0 Å². The van der Waals surface area contributed by atoms with Crippen LogP contribution in [-0.4, -0.2) is 19.9 Å². The number of ether oxygens (including phenoxy) is 1. The van der Waals surface area contributed by atoms with Gasteiger partial charge in [-0.1, -0.05) is 30.3 Å². The van der Waals surface area contributed by atoms with Gasteiger partial charge in [-0.3, -0.25) is 5.41 Å². The van der Waals surface area contributed by atoms with Crippen LogP contribution < -0.4 is 10.6 Å². The Balaban J connectivity index is 0.00000242. The van der Waals surface area contributed by atoms with Crippen LogP contribution in [-0.2, 0) is 18.0 Å². The molecule has 0 aromatic heterocycles. The smallest absolute Gasteiger partial charge is 0.122 e. The van der Waals surface area contributed by atoms with Crippen molar-refractivity contribution in [3.63, 3.8) is 0 Å². The number of hydrogen-bond donors (Lipinski definition) is 2. The second-order valence-corrected chi connectivity index (χ2v) is 5.17. The van der Waals surface area contributed by atoms with E-state index in [9.17, 15) is 0 Å². The fourth-order valence-electron chi connectivity index (χ4n) is 2.01. The van der Waals surface area contributed by atoms with Crippen LogP contribution in [0.15, 0.2) is 48.5 Å². The number of anilines is 1. The maximum Gasteiger partial charge on any atom is 0.122 e. The Morgan fingerprint density at radius 1 is 1.05 bits per heavy atom. The van der Waals surface area contributed by atoms with Crippen molar-refractivity contribution >= 4 is 23.9 Å². The van der Waals surface area contributed by atoms with E-state index < -0.39 is 0 Å². The van der Waals surface area contributed by atoms with E-state index in [-0.39, 0.29) is 18.2 Å². The Morgan fingerprint density at radius 2 is 1.68 bits per heavy atom. The number of nitrogens with one attached hydrogen (secondary N) is 1. The molecule has 0 aliphatic carbocycles. The molecule has 0 aliphatic rings. The van der Waals surface area contributed by atoms with Crippen molar-refractivity contribution in [1.82, 2.24) is 0 Å². The zero-order valence-electron chi connectivity index (χ0n) is 12.9. The van der Waals surface area contributed by atoms with Crippen molar-refractivity contribution in [1.29, 1.82) is 5.41 Å². The summed E-state index contributed by atoms with van der Waals surface area (Å²) in [6.07, 6.45) is 0. The molecule has 0 bridgehead atoms. The molecule has 2 aromatic carbocycles. The van der Waals surface area contributed by atoms with Crippen molar-refractivity contribution in [2.75, 3.05) is 19.0 Å². The predicted molar refractivity (Wildman–Crippen MR) is 94.0 cm³/mol. The van der Waals surface area contributed by atoms with E-state index in [1.165, 1.54) is 5.69 Å². The summed E-state index contributed by atoms with van der Waals surface area (Å²) < 4.78 is 5.72. The largest absolute Gasteiger partial charge is 0.384 e. The number of rotatable bonds is 6. The van der Waals surface area contributed by atoms with Crippen molar-refractivity contribution < 1.29 is 4.74 Å². The Morgan fingerprint density at radius 3 is 2.27 bits per heavy atom. The Hall–Kier alpha value is -2.04.